The first-order chi connectivity index (χ1) is 16.5. The molecular formula is C24H27ClN4O4S. The Balaban J connectivity index is 1.37. The van der Waals surface area contributed by atoms with Gasteiger partial charge in [-0.25, -0.2) is 0 Å². The molecule has 10 heteroatoms. The summed E-state index contributed by atoms with van der Waals surface area (Å²) in [4.78, 5) is 12.6. The molecule has 1 fully saturated rings. The Hall–Kier alpha value is -2.91. The maximum atomic E-state index is 12.6. The van der Waals surface area contributed by atoms with E-state index in [1.54, 1.807) is 12.1 Å². The lowest BCUT2D eigenvalue weighted by Crippen LogP contribution is -2.15. The van der Waals surface area contributed by atoms with Gasteiger partial charge in [-0.05, 0) is 49.9 Å². The molecule has 2 aromatic carbocycles. The highest BCUT2D eigenvalue weighted by Crippen LogP contribution is 2.36. The molecule has 0 atom stereocenters. The van der Waals surface area contributed by atoms with Crippen LogP contribution in [0.4, 0.5) is 5.69 Å². The lowest BCUT2D eigenvalue weighted by Gasteiger charge is -2.13. The molecule has 0 unspecified atom stereocenters. The van der Waals surface area contributed by atoms with E-state index in [1.165, 1.54) is 38.8 Å². The standard InChI is InChI=1S/C24H27ClN4O4S/c1-29-23(15-8-10-17(11-9-15)33-16-6-4-5-7-16)27-28-24(29)34-14-22(30)26-19-13-20(31-2)18(25)12-21(19)32-3/h8-13,16H,4-7,14H2,1-3H3,(H,26,30). The number of hydrogen-bond acceptors (Lipinski definition) is 7. The van der Waals surface area contributed by atoms with Gasteiger partial charge >= 0.3 is 0 Å². The second-order valence-electron chi connectivity index (χ2n) is 7.94. The molecule has 1 saturated carbocycles. The summed E-state index contributed by atoms with van der Waals surface area (Å²) < 4.78 is 18.4. The molecule has 0 radical (unpaired) electrons. The smallest absolute Gasteiger partial charge is 0.234 e. The van der Waals surface area contributed by atoms with Crippen LogP contribution in [-0.2, 0) is 11.8 Å². The average Bonchev–Trinajstić information content (AvgIpc) is 3.48. The molecule has 8 nitrogen and oxygen atoms in total. The third kappa shape index (κ3) is 5.59. The number of benzene rings is 2. The van der Waals surface area contributed by atoms with E-state index in [9.17, 15) is 4.79 Å². The molecule has 0 saturated heterocycles. The number of hydrogen-bond donors (Lipinski definition) is 1. The van der Waals surface area contributed by atoms with Gasteiger partial charge in [-0.15, -0.1) is 10.2 Å². The van der Waals surface area contributed by atoms with Crippen molar-refractivity contribution in [2.45, 2.75) is 36.9 Å². The number of anilines is 1. The van der Waals surface area contributed by atoms with Gasteiger partial charge < -0.3 is 24.1 Å². The minimum Gasteiger partial charge on any atom is -0.495 e. The summed E-state index contributed by atoms with van der Waals surface area (Å²) in [6, 6.07) is 11.1. The number of methoxy groups -OCH3 is 2. The van der Waals surface area contributed by atoms with Crippen molar-refractivity contribution in [2.75, 3.05) is 25.3 Å². The van der Waals surface area contributed by atoms with Crippen LogP contribution in [0.5, 0.6) is 17.2 Å². The number of thioether (sulfide) groups is 1. The van der Waals surface area contributed by atoms with Crippen LogP contribution < -0.4 is 19.5 Å². The summed E-state index contributed by atoms with van der Waals surface area (Å²) in [6.45, 7) is 0. The summed E-state index contributed by atoms with van der Waals surface area (Å²) >= 11 is 7.42. The molecule has 1 heterocycles. The Bertz CT molecular complexity index is 1150. The van der Waals surface area contributed by atoms with Crippen molar-refractivity contribution < 1.29 is 19.0 Å². The lowest BCUT2D eigenvalue weighted by molar-refractivity contribution is -0.113. The number of aromatic nitrogens is 3. The minimum absolute atomic E-state index is 0.147. The molecule has 1 N–H and O–H groups in total. The van der Waals surface area contributed by atoms with Crippen molar-refractivity contribution in [3.63, 3.8) is 0 Å². The molecule has 180 valence electrons. The van der Waals surface area contributed by atoms with Crippen LogP contribution in [-0.4, -0.2) is 46.7 Å². The van der Waals surface area contributed by atoms with Gasteiger partial charge in [0, 0.05) is 24.7 Å². The molecule has 34 heavy (non-hydrogen) atoms. The summed E-state index contributed by atoms with van der Waals surface area (Å²) in [5, 5.41) is 12.4. The van der Waals surface area contributed by atoms with E-state index in [-0.39, 0.29) is 11.7 Å². The lowest BCUT2D eigenvalue weighted by atomic mass is 10.2. The van der Waals surface area contributed by atoms with Crippen molar-refractivity contribution >= 4 is 35.0 Å². The number of rotatable bonds is 9. The first-order valence-corrected chi connectivity index (χ1v) is 12.4. The molecule has 4 rings (SSSR count). The number of carbonyl (C=O) groups excluding carboxylic acids is 1. The third-order valence-corrected chi connectivity index (χ3v) is 6.95. The number of carbonyl (C=O) groups is 1. The van der Waals surface area contributed by atoms with Crippen LogP contribution in [0.1, 0.15) is 25.7 Å². The zero-order valence-electron chi connectivity index (χ0n) is 19.3. The maximum Gasteiger partial charge on any atom is 0.234 e. The van der Waals surface area contributed by atoms with Crippen molar-refractivity contribution in [2.24, 2.45) is 7.05 Å². The second kappa shape index (κ2) is 11.0. The predicted molar refractivity (Wildman–Crippen MR) is 133 cm³/mol. The SMILES string of the molecule is COc1cc(NC(=O)CSc2nnc(-c3ccc(OC4CCCC4)cc3)n2C)c(OC)cc1Cl. The van der Waals surface area contributed by atoms with Crippen LogP contribution in [0, 0.1) is 0 Å². The van der Waals surface area contributed by atoms with Gasteiger partial charge in [-0.2, -0.15) is 0 Å². The highest BCUT2D eigenvalue weighted by Gasteiger charge is 2.18. The van der Waals surface area contributed by atoms with Gasteiger partial charge in [-0.1, -0.05) is 23.4 Å². The molecule has 1 amide bonds. The molecule has 0 aliphatic heterocycles. The van der Waals surface area contributed by atoms with Crippen LogP contribution in [0.2, 0.25) is 5.02 Å². The van der Waals surface area contributed by atoms with E-state index >= 15 is 0 Å². The largest absolute Gasteiger partial charge is 0.495 e. The third-order valence-electron chi connectivity index (χ3n) is 5.63. The van der Waals surface area contributed by atoms with Crippen molar-refractivity contribution in [3.8, 4) is 28.6 Å². The fourth-order valence-electron chi connectivity index (χ4n) is 3.85. The zero-order chi connectivity index (χ0) is 24.1. The molecule has 0 spiro atoms. The van der Waals surface area contributed by atoms with Gasteiger partial charge in [0.15, 0.2) is 11.0 Å². The Kier molecular flexibility index (Phi) is 7.84. The summed E-state index contributed by atoms with van der Waals surface area (Å²) in [6.07, 6.45) is 5.04. The number of nitrogens with zero attached hydrogens (tertiary/aromatic N) is 3. The summed E-state index contributed by atoms with van der Waals surface area (Å²) in [5.74, 6) is 2.42. The summed E-state index contributed by atoms with van der Waals surface area (Å²) in [5.41, 5.74) is 1.41. The molecule has 1 aliphatic rings. The number of halogens is 1. The van der Waals surface area contributed by atoms with Gasteiger partial charge in [0.05, 0.1) is 36.8 Å². The van der Waals surface area contributed by atoms with Crippen molar-refractivity contribution in [3.05, 3.63) is 41.4 Å². The molecule has 3 aromatic rings. The number of ether oxygens (including phenoxy) is 3. The van der Waals surface area contributed by atoms with Gasteiger partial charge in [0.2, 0.25) is 5.91 Å². The quantitative estimate of drug-likeness (QED) is 0.402. The van der Waals surface area contributed by atoms with E-state index in [2.05, 4.69) is 15.5 Å². The topological polar surface area (TPSA) is 87.5 Å². The van der Waals surface area contributed by atoms with Crippen molar-refractivity contribution in [1.29, 1.82) is 0 Å². The fourth-order valence-corrected chi connectivity index (χ4v) is 4.79. The Morgan fingerprint density at radius 2 is 1.82 bits per heavy atom. The van der Waals surface area contributed by atoms with Crippen LogP contribution in [0.3, 0.4) is 0 Å². The van der Waals surface area contributed by atoms with E-state index in [0.717, 1.165) is 30.0 Å². The van der Waals surface area contributed by atoms with E-state index < -0.39 is 0 Å². The minimum atomic E-state index is -0.217. The van der Waals surface area contributed by atoms with Crippen LogP contribution >= 0.6 is 23.4 Å². The maximum absolute atomic E-state index is 12.6. The van der Waals surface area contributed by atoms with Crippen LogP contribution in [0.15, 0.2) is 41.6 Å². The Morgan fingerprint density at radius 3 is 2.50 bits per heavy atom. The highest BCUT2D eigenvalue weighted by atomic mass is 35.5. The number of nitrogens with one attached hydrogen (secondary N) is 1. The van der Waals surface area contributed by atoms with Crippen LogP contribution in [0.25, 0.3) is 11.4 Å². The average molecular weight is 503 g/mol. The molecule has 0 bridgehead atoms. The second-order valence-corrected chi connectivity index (χ2v) is 9.29. The molecule has 1 aromatic heterocycles. The van der Waals surface area contributed by atoms with Gasteiger partial charge in [-0.3, -0.25) is 4.79 Å². The first-order valence-electron chi connectivity index (χ1n) is 11.0. The van der Waals surface area contributed by atoms with E-state index in [1.807, 2.05) is 35.9 Å². The van der Waals surface area contributed by atoms with Gasteiger partial charge in [0.25, 0.3) is 0 Å². The first kappa shape index (κ1) is 24.2. The molecular weight excluding hydrogens is 476 g/mol. The monoisotopic (exact) mass is 502 g/mol. The highest BCUT2D eigenvalue weighted by molar-refractivity contribution is 7.99. The normalized spacial score (nSPS) is 13.6. The van der Waals surface area contributed by atoms with E-state index in [0.29, 0.717) is 33.5 Å². The molecule has 1 aliphatic carbocycles. The van der Waals surface area contributed by atoms with E-state index in [4.69, 9.17) is 25.8 Å². The van der Waals surface area contributed by atoms with Crippen molar-refractivity contribution in [1.82, 2.24) is 14.8 Å². The number of amides is 1. The fraction of sp³-hybridized carbons (Fsp3) is 0.375. The van der Waals surface area contributed by atoms with Gasteiger partial charge in [0.1, 0.15) is 17.2 Å². The zero-order valence-corrected chi connectivity index (χ0v) is 20.9. The Labute approximate surface area is 207 Å². The summed E-state index contributed by atoms with van der Waals surface area (Å²) in [7, 11) is 4.90. The predicted octanol–water partition coefficient (Wildman–Crippen LogP) is 5.20. The Morgan fingerprint density at radius 1 is 1.12 bits per heavy atom.